The van der Waals surface area contributed by atoms with Crippen molar-refractivity contribution in [3.05, 3.63) is 43.0 Å². The van der Waals surface area contributed by atoms with Gasteiger partial charge in [-0.2, -0.15) is 5.10 Å². The van der Waals surface area contributed by atoms with Crippen molar-refractivity contribution < 1.29 is 4.79 Å². The first-order valence-electron chi connectivity index (χ1n) is 9.09. The van der Waals surface area contributed by atoms with Crippen molar-refractivity contribution in [3.8, 4) is 11.1 Å². The summed E-state index contributed by atoms with van der Waals surface area (Å²) in [6.45, 7) is 2.47. The molecule has 132 valence electrons. The highest BCUT2D eigenvalue weighted by Crippen LogP contribution is 2.28. The number of anilines is 1. The Hall–Kier alpha value is -2.96. The molecule has 7 heteroatoms. The number of amides is 1. The van der Waals surface area contributed by atoms with Crippen molar-refractivity contribution in [2.24, 2.45) is 0 Å². The van der Waals surface area contributed by atoms with E-state index in [1.54, 1.807) is 10.7 Å². The molecule has 7 nitrogen and oxygen atoms in total. The number of rotatable bonds is 2. The molecule has 0 spiro atoms. The van der Waals surface area contributed by atoms with Crippen LogP contribution in [0.2, 0.25) is 0 Å². The van der Waals surface area contributed by atoms with Gasteiger partial charge in [0.05, 0.1) is 6.20 Å². The molecule has 1 amide bonds. The first-order chi connectivity index (χ1) is 12.8. The normalized spacial score (nSPS) is 20.5. The number of hydrogen-bond acceptors (Lipinski definition) is 5. The molecule has 1 unspecified atom stereocenters. The molecule has 0 aromatic carbocycles. The third-order valence-electron chi connectivity index (χ3n) is 5.39. The van der Waals surface area contributed by atoms with Crippen LogP contribution in [0.4, 0.5) is 5.82 Å². The Labute approximate surface area is 151 Å². The van der Waals surface area contributed by atoms with Crippen molar-refractivity contribution >= 4 is 17.4 Å². The van der Waals surface area contributed by atoms with E-state index in [4.69, 9.17) is 0 Å². The number of hydrogen-bond donors (Lipinski definition) is 0. The van der Waals surface area contributed by atoms with Gasteiger partial charge in [-0.25, -0.2) is 14.5 Å². The number of carbonyl (C=O) groups is 1. The molecule has 0 bridgehead atoms. The van der Waals surface area contributed by atoms with E-state index in [0.717, 1.165) is 55.1 Å². The van der Waals surface area contributed by atoms with Crippen molar-refractivity contribution in [3.63, 3.8) is 0 Å². The third kappa shape index (κ3) is 2.51. The zero-order valence-corrected chi connectivity index (χ0v) is 14.5. The fourth-order valence-electron chi connectivity index (χ4n) is 4.06. The minimum Gasteiger partial charge on any atom is -0.353 e. The topological polar surface area (TPSA) is 66.6 Å². The molecular weight excluding hydrogens is 328 g/mol. The zero-order chi connectivity index (χ0) is 17.5. The van der Waals surface area contributed by atoms with Gasteiger partial charge in [0, 0.05) is 56.3 Å². The average Bonchev–Trinajstić information content (AvgIpc) is 3.12. The SMILES string of the molecule is O=C1CCCC2CN(c3cc(-c4cnn5cccnc45)ccn3)CCN12. The van der Waals surface area contributed by atoms with Crippen LogP contribution in [-0.4, -0.2) is 56.1 Å². The molecule has 2 aliphatic heterocycles. The summed E-state index contributed by atoms with van der Waals surface area (Å²) in [5, 5.41) is 4.38. The molecule has 3 aromatic rings. The number of aromatic nitrogens is 4. The van der Waals surface area contributed by atoms with Crippen LogP contribution in [0.5, 0.6) is 0 Å². The average molecular weight is 348 g/mol. The molecule has 5 rings (SSSR count). The Kier molecular flexibility index (Phi) is 3.58. The van der Waals surface area contributed by atoms with Crippen LogP contribution in [0.25, 0.3) is 16.8 Å². The van der Waals surface area contributed by atoms with E-state index in [2.05, 4.69) is 30.9 Å². The Morgan fingerprint density at radius 3 is 3.08 bits per heavy atom. The van der Waals surface area contributed by atoms with Gasteiger partial charge in [-0.05, 0) is 36.6 Å². The van der Waals surface area contributed by atoms with E-state index in [9.17, 15) is 4.79 Å². The van der Waals surface area contributed by atoms with Crippen molar-refractivity contribution in [1.29, 1.82) is 0 Å². The minimum atomic E-state index is 0.306. The van der Waals surface area contributed by atoms with Gasteiger partial charge in [0.15, 0.2) is 5.65 Å². The Morgan fingerprint density at radius 2 is 2.12 bits per heavy atom. The highest BCUT2D eigenvalue weighted by molar-refractivity contribution is 5.79. The van der Waals surface area contributed by atoms with Crippen molar-refractivity contribution in [2.45, 2.75) is 25.3 Å². The van der Waals surface area contributed by atoms with Crippen LogP contribution in [0, 0.1) is 0 Å². The van der Waals surface area contributed by atoms with E-state index in [1.807, 2.05) is 30.7 Å². The van der Waals surface area contributed by atoms with Gasteiger partial charge in [-0.15, -0.1) is 0 Å². The molecule has 5 heterocycles. The maximum atomic E-state index is 12.1. The number of fused-ring (bicyclic) bond motifs is 2. The highest BCUT2D eigenvalue weighted by atomic mass is 16.2. The minimum absolute atomic E-state index is 0.306. The van der Waals surface area contributed by atoms with Gasteiger partial charge >= 0.3 is 0 Å². The highest BCUT2D eigenvalue weighted by Gasteiger charge is 2.33. The van der Waals surface area contributed by atoms with Crippen LogP contribution in [0.15, 0.2) is 43.0 Å². The van der Waals surface area contributed by atoms with Crippen LogP contribution in [-0.2, 0) is 4.79 Å². The van der Waals surface area contributed by atoms with Gasteiger partial charge in [-0.1, -0.05) is 0 Å². The van der Waals surface area contributed by atoms with Crippen molar-refractivity contribution in [2.75, 3.05) is 24.5 Å². The largest absolute Gasteiger partial charge is 0.353 e. The first kappa shape index (κ1) is 15.3. The molecule has 2 saturated heterocycles. The zero-order valence-electron chi connectivity index (χ0n) is 14.5. The molecule has 0 saturated carbocycles. The second-order valence-corrected chi connectivity index (χ2v) is 6.93. The van der Waals surface area contributed by atoms with E-state index < -0.39 is 0 Å². The Balaban J connectivity index is 1.44. The summed E-state index contributed by atoms with van der Waals surface area (Å²) in [5.74, 6) is 1.26. The monoisotopic (exact) mass is 348 g/mol. The Morgan fingerprint density at radius 1 is 1.15 bits per heavy atom. The molecule has 26 heavy (non-hydrogen) atoms. The second kappa shape index (κ2) is 6.09. The summed E-state index contributed by atoms with van der Waals surface area (Å²) in [7, 11) is 0. The first-order valence-corrected chi connectivity index (χ1v) is 9.09. The van der Waals surface area contributed by atoms with Crippen LogP contribution in [0.1, 0.15) is 19.3 Å². The molecule has 2 aliphatic rings. The lowest BCUT2D eigenvalue weighted by Gasteiger charge is -2.44. The molecule has 3 aromatic heterocycles. The molecular formula is C19H20N6O. The van der Waals surface area contributed by atoms with E-state index >= 15 is 0 Å². The van der Waals surface area contributed by atoms with Gasteiger partial charge in [-0.3, -0.25) is 4.79 Å². The summed E-state index contributed by atoms with van der Waals surface area (Å²) in [6.07, 6.45) is 10.1. The molecule has 0 radical (unpaired) electrons. The van der Waals surface area contributed by atoms with Gasteiger partial charge < -0.3 is 9.80 Å². The maximum Gasteiger partial charge on any atom is 0.222 e. The quantitative estimate of drug-likeness (QED) is 0.709. The standard InChI is InChI=1S/C19H20N6O/c26-18-4-1-3-15-13-23(9-10-24(15)18)17-11-14(5-7-20-17)16-12-22-25-8-2-6-21-19(16)25/h2,5-8,11-12,15H,1,3-4,9-10,13H2. The summed E-state index contributed by atoms with van der Waals surface area (Å²) in [4.78, 5) is 25.5. The number of pyridine rings is 1. The summed E-state index contributed by atoms with van der Waals surface area (Å²) >= 11 is 0. The van der Waals surface area contributed by atoms with Gasteiger partial charge in [0.25, 0.3) is 0 Å². The van der Waals surface area contributed by atoms with Gasteiger partial charge in [0.2, 0.25) is 5.91 Å². The smallest absolute Gasteiger partial charge is 0.222 e. The Bertz CT molecular complexity index is 967. The maximum absolute atomic E-state index is 12.1. The van der Waals surface area contributed by atoms with Crippen LogP contribution in [0.3, 0.4) is 0 Å². The number of piperazine rings is 1. The summed E-state index contributed by atoms with van der Waals surface area (Å²) in [5.41, 5.74) is 2.90. The summed E-state index contributed by atoms with van der Waals surface area (Å²) < 4.78 is 1.78. The number of piperidine rings is 1. The fourth-order valence-corrected chi connectivity index (χ4v) is 4.06. The van der Waals surface area contributed by atoms with E-state index in [1.165, 1.54) is 0 Å². The molecule has 2 fully saturated rings. The lowest BCUT2D eigenvalue weighted by Crippen LogP contribution is -2.57. The number of nitrogens with zero attached hydrogens (tertiary/aromatic N) is 6. The third-order valence-corrected chi connectivity index (χ3v) is 5.39. The van der Waals surface area contributed by atoms with Crippen molar-refractivity contribution in [1.82, 2.24) is 24.5 Å². The van der Waals surface area contributed by atoms with Gasteiger partial charge in [0.1, 0.15) is 5.82 Å². The van der Waals surface area contributed by atoms with Crippen LogP contribution >= 0.6 is 0 Å². The lowest BCUT2D eigenvalue weighted by atomic mass is 9.99. The molecule has 0 N–H and O–H groups in total. The number of carbonyl (C=O) groups excluding carboxylic acids is 1. The predicted octanol–water partition coefficient (Wildman–Crippen LogP) is 1.99. The fraction of sp³-hybridized carbons (Fsp3) is 0.368. The predicted molar refractivity (Wildman–Crippen MR) is 97.8 cm³/mol. The second-order valence-electron chi connectivity index (χ2n) is 6.93. The molecule has 0 aliphatic carbocycles. The van der Waals surface area contributed by atoms with Crippen LogP contribution < -0.4 is 4.90 Å². The summed E-state index contributed by atoms with van der Waals surface area (Å²) in [6, 6.07) is 6.28. The lowest BCUT2D eigenvalue weighted by molar-refractivity contribution is -0.136. The van der Waals surface area contributed by atoms with E-state index in [-0.39, 0.29) is 0 Å². The molecule has 1 atom stereocenters. The van der Waals surface area contributed by atoms with E-state index in [0.29, 0.717) is 18.4 Å².